The van der Waals surface area contributed by atoms with Crippen molar-refractivity contribution in [1.82, 2.24) is 0 Å². The number of carbonyl (C=O) groups is 2. The van der Waals surface area contributed by atoms with Crippen LogP contribution >= 0.6 is 12.6 Å². The van der Waals surface area contributed by atoms with E-state index < -0.39 is 17.4 Å². The Morgan fingerprint density at radius 1 is 1.50 bits per heavy atom. The molecule has 1 aliphatic rings. The highest BCUT2D eigenvalue weighted by Crippen LogP contribution is 2.32. The van der Waals surface area contributed by atoms with Gasteiger partial charge in [0.2, 0.25) is 0 Å². The summed E-state index contributed by atoms with van der Waals surface area (Å²) in [6, 6.07) is -0.591. The Morgan fingerprint density at radius 3 is 2.50 bits per heavy atom. The van der Waals surface area contributed by atoms with Crippen LogP contribution in [0.15, 0.2) is 0 Å². The fourth-order valence-electron chi connectivity index (χ4n) is 2.42. The van der Waals surface area contributed by atoms with E-state index in [4.69, 9.17) is 5.11 Å². The minimum absolute atomic E-state index is 0.0168. The smallest absolute Gasteiger partial charge is 0.363 e. The molecular weight excluding hydrogens is 226 g/mol. The van der Waals surface area contributed by atoms with Crippen LogP contribution in [0.5, 0.6) is 0 Å². The lowest BCUT2D eigenvalue weighted by atomic mass is 9.92. The molecule has 1 heterocycles. The first-order valence-electron chi connectivity index (χ1n) is 5.49. The van der Waals surface area contributed by atoms with Crippen LogP contribution in [0, 0.1) is 5.41 Å². The first-order chi connectivity index (χ1) is 7.25. The summed E-state index contributed by atoms with van der Waals surface area (Å²) in [6.07, 6.45) is 1.38. The second-order valence-corrected chi connectivity index (χ2v) is 5.65. The van der Waals surface area contributed by atoms with Gasteiger partial charge in [-0.05, 0) is 13.8 Å². The molecule has 2 unspecified atom stereocenters. The molecular formula is C11H20NO3S+. The maximum Gasteiger partial charge on any atom is 0.363 e. The lowest BCUT2D eigenvalue weighted by Gasteiger charge is -2.36. The quantitative estimate of drug-likeness (QED) is 0.580. The van der Waals surface area contributed by atoms with Crippen molar-refractivity contribution in [2.24, 2.45) is 5.41 Å². The zero-order chi connectivity index (χ0) is 12.6. The summed E-state index contributed by atoms with van der Waals surface area (Å²) in [6.45, 7) is 4.26. The predicted octanol–water partition coefficient (Wildman–Crippen LogP) is 1.16. The lowest BCUT2D eigenvalue weighted by Crippen LogP contribution is -2.60. The van der Waals surface area contributed by atoms with Gasteiger partial charge in [-0.2, -0.15) is 12.6 Å². The molecule has 1 aliphatic heterocycles. The van der Waals surface area contributed by atoms with Crippen LogP contribution in [-0.2, 0) is 9.59 Å². The molecule has 0 spiro atoms. The number of thiol groups is 1. The number of carboxylic acids is 1. The van der Waals surface area contributed by atoms with E-state index in [1.165, 1.54) is 0 Å². The number of nitrogens with zero attached hydrogens (tertiary/aromatic N) is 1. The number of aliphatic carboxylic acids is 1. The summed E-state index contributed by atoms with van der Waals surface area (Å²) >= 11 is 4.17. The number of carboxylic acid groups (broad SMARTS) is 1. The molecule has 16 heavy (non-hydrogen) atoms. The van der Waals surface area contributed by atoms with Gasteiger partial charge in [0.05, 0.1) is 19.0 Å². The van der Waals surface area contributed by atoms with E-state index in [-0.39, 0.29) is 10.4 Å². The summed E-state index contributed by atoms with van der Waals surface area (Å²) in [7, 11) is 1.74. The Kier molecular flexibility index (Phi) is 3.69. The lowest BCUT2D eigenvalue weighted by molar-refractivity contribution is -0.841. The maximum absolute atomic E-state index is 12.4. The van der Waals surface area contributed by atoms with Crippen LogP contribution in [0.3, 0.4) is 0 Å². The average Bonchev–Trinajstić information content (AvgIpc) is 2.60. The standard InChI is InChI=1S/C11H19NO3S/c1-11(2,7-16)10(15)12(3)6-4-5-8(12)9(13)14/h8H,4-7H2,1-3H3,(H-,13,14,16)/p+1. The highest BCUT2D eigenvalue weighted by molar-refractivity contribution is 7.80. The van der Waals surface area contributed by atoms with E-state index >= 15 is 0 Å². The van der Waals surface area contributed by atoms with Gasteiger partial charge in [0, 0.05) is 18.6 Å². The summed E-state index contributed by atoms with van der Waals surface area (Å²) in [4.78, 5) is 23.5. The van der Waals surface area contributed by atoms with Crippen LogP contribution in [-0.4, -0.2) is 46.9 Å². The molecule has 2 atom stereocenters. The van der Waals surface area contributed by atoms with Gasteiger partial charge in [-0.15, -0.1) is 0 Å². The van der Waals surface area contributed by atoms with Gasteiger partial charge < -0.3 is 5.11 Å². The molecule has 5 heteroatoms. The maximum atomic E-state index is 12.4. The first-order valence-corrected chi connectivity index (χ1v) is 6.13. The predicted molar refractivity (Wildman–Crippen MR) is 64.4 cm³/mol. The number of hydrogen-bond acceptors (Lipinski definition) is 3. The fourth-order valence-corrected chi connectivity index (χ4v) is 2.56. The van der Waals surface area contributed by atoms with Crippen LogP contribution in [0.4, 0.5) is 0 Å². The summed E-state index contributed by atoms with van der Waals surface area (Å²) in [5.74, 6) is -0.456. The van der Waals surface area contributed by atoms with E-state index in [0.29, 0.717) is 18.7 Å². The second-order valence-electron chi connectivity index (χ2n) is 5.33. The van der Waals surface area contributed by atoms with Crippen molar-refractivity contribution in [3.63, 3.8) is 0 Å². The third kappa shape index (κ3) is 2.11. The van der Waals surface area contributed by atoms with Gasteiger partial charge in [0.1, 0.15) is 0 Å². The van der Waals surface area contributed by atoms with Gasteiger partial charge in [0.25, 0.3) is 0 Å². The molecule has 1 rings (SSSR count). The van der Waals surface area contributed by atoms with Crippen LogP contribution < -0.4 is 0 Å². The molecule has 1 saturated heterocycles. The summed E-state index contributed by atoms with van der Waals surface area (Å²) in [5, 5.41) is 9.15. The Labute approximate surface area is 102 Å². The number of amides is 1. The van der Waals surface area contributed by atoms with Crippen molar-refractivity contribution in [3.05, 3.63) is 0 Å². The molecule has 0 aliphatic carbocycles. The van der Waals surface area contributed by atoms with Gasteiger partial charge in [0.15, 0.2) is 6.04 Å². The summed E-state index contributed by atoms with van der Waals surface area (Å²) in [5.41, 5.74) is -0.574. The highest BCUT2D eigenvalue weighted by Gasteiger charge is 2.52. The van der Waals surface area contributed by atoms with Gasteiger partial charge in [-0.3, -0.25) is 4.48 Å². The molecule has 0 aromatic carbocycles. The third-order valence-corrected chi connectivity index (χ3v) is 4.30. The number of quaternary nitrogens is 1. The zero-order valence-electron chi connectivity index (χ0n) is 10.1. The zero-order valence-corrected chi connectivity index (χ0v) is 11.0. The van der Waals surface area contributed by atoms with Crippen molar-refractivity contribution >= 4 is 24.5 Å². The number of likely N-dealkylation sites (N-methyl/N-ethyl adjacent to an activating group) is 1. The normalized spacial score (nSPS) is 30.4. The Balaban J connectivity index is 3.01. The van der Waals surface area contributed by atoms with Crippen molar-refractivity contribution in [2.75, 3.05) is 19.3 Å². The third-order valence-electron chi connectivity index (χ3n) is 3.51. The molecule has 1 amide bonds. The Bertz CT molecular complexity index is 316. The first kappa shape index (κ1) is 13.5. The minimum Gasteiger partial charge on any atom is -0.477 e. The van der Waals surface area contributed by atoms with Crippen LogP contribution in [0.2, 0.25) is 0 Å². The number of hydrogen-bond donors (Lipinski definition) is 2. The van der Waals surface area contributed by atoms with E-state index in [1.54, 1.807) is 7.05 Å². The number of rotatable bonds is 3. The van der Waals surface area contributed by atoms with E-state index in [1.807, 2.05) is 13.8 Å². The molecule has 0 radical (unpaired) electrons. The SMILES string of the molecule is CC(C)(CS)C(=O)[N+]1(C)CCCC1C(=O)O. The topological polar surface area (TPSA) is 54.4 Å². The number of likely N-dealkylation sites (tertiary alicyclic amines) is 1. The van der Waals surface area contributed by atoms with Gasteiger partial charge in [-0.1, -0.05) is 0 Å². The Hall–Kier alpha value is -0.550. The highest BCUT2D eigenvalue weighted by atomic mass is 32.1. The second kappa shape index (κ2) is 4.37. The van der Waals surface area contributed by atoms with Gasteiger partial charge >= 0.3 is 11.9 Å². The van der Waals surface area contributed by atoms with Crippen LogP contribution in [0.1, 0.15) is 26.7 Å². The van der Waals surface area contributed by atoms with Crippen LogP contribution in [0.25, 0.3) is 0 Å². The molecule has 1 fully saturated rings. The van der Waals surface area contributed by atoms with E-state index in [0.717, 1.165) is 6.42 Å². The van der Waals surface area contributed by atoms with E-state index in [2.05, 4.69) is 12.6 Å². The molecule has 4 nitrogen and oxygen atoms in total. The number of carbonyl (C=O) groups excluding carboxylic acids is 1. The summed E-state index contributed by atoms with van der Waals surface area (Å²) < 4.78 is 0.0168. The van der Waals surface area contributed by atoms with E-state index in [9.17, 15) is 9.59 Å². The Morgan fingerprint density at radius 2 is 2.06 bits per heavy atom. The van der Waals surface area contributed by atoms with Crippen molar-refractivity contribution in [2.45, 2.75) is 32.7 Å². The molecule has 92 valence electrons. The largest absolute Gasteiger partial charge is 0.477 e. The molecule has 0 saturated carbocycles. The molecule has 1 N–H and O–H groups in total. The molecule has 0 aromatic heterocycles. The van der Waals surface area contributed by atoms with Crippen molar-refractivity contribution < 1.29 is 19.2 Å². The average molecular weight is 246 g/mol. The minimum atomic E-state index is -0.872. The van der Waals surface area contributed by atoms with Crippen molar-refractivity contribution in [3.8, 4) is 0 Å². The fraction of sp³-hybridized carbons (Fsp3) is 0.818. The van der Waals surface area contributed by atoms with Gasteiger partial charge in [-0.25, -0.2) is 9.59 Å². The van der Waals surface area contributed by atoms with Crippen molar-refractivity contribution in [1.29, 1.82) is 0 Å². The monoisotopic (exact) mass is 246 g/mol. The molecule has 0 aromatic rings. The molecule has 0 bridgehead atoms.